The molecule has 0 unspecified atom stereocenters. The summed E-state index contributed by atoms with van der Waals surface area (Å²) in [6.07, 6.45) is 5.67. The Kier molecular flexibility index (Phi) is 5.24. The lowest BCUT2D eigenvalue weighted by molar-refractivity contribution is 0.0714. The molecule has 0 spiro atoms. The second kappa shape index (κ2) is 8.19. The number of ether oxygens (including phenoxy) is 2. The van der Waals surface area contributed by atoms with E-state index in [-0.39, 0.29) is 11.9 Å². The first-order chi connectivity index (χ1) is 15.2. The monoisotopic (exact) mass is 417 g/mol. The molecule has 160 valence electrons. The molecule has 1 atom stereocenters. The highest BCUT2D eigenvalue weighted by Crippen LogP contribution is 2.41. The van der Waals surface area contributed by atoms with Gasteiger partial charge in [0, 0.05) is 37.1 Å². The molecule has 0 radical (unpaired) electrons. The van der Waals surface area contributed by atoms with Crippen LogP contribution in [0.25, 0.3) is 11.1 Å². The molecule has 2 aromatic carbocycles. The van der Waals surface area contributed by atoms with Gasteiger partial charge >= 0.3 is 0 Å². The number of H-pyrrole nitrogens is 1. The summed E-state index contributed by atoms with van der Waals surface area (Å²) in [5, 5.41) is 6.99. The minimum absolute atomic E-state index is 0.0464. The lowest BCUT2D eigenvalue weighted by Crippen LogP contribution is -2.27. The lowest BCUT2D eigenvalue weighted by atomic mass is 9.85. The van der Waals surface area contributed by atoms with Crippen molar-refractivity contribution in [1.29, 1.82) is 0 Å². The predicted molar refractivity (Wildman–Crippen MR) is 118 cm³/mol. The van der Waals surface area contributed by atoms with E-state index in [4.69, 9.17) is 9.47 Å². The molecule has 2 aliphatic rings. The van der Waals surface area contributed by atoms with Crippen molar-refractivity contribution in [1.82, 2.24) is 15.1 Å². The van der Waals surface area contributed by atoms with Crippen LogP contribution in [0.1, 0.15) is 58.8 Å². The molecule has 0 saturated carbocycles. The number of methoxy groups -OCH3 is 1. The van der Waals surface area contributed by atoms with Crippen LogP contribution in [-0.2, 0) is 11.3 Å². The molecule has 3 aromatic rings. The first-order valence-corrected chi connectivity index (χ1v) is 10.8. The Morgan fingerprint density at radius 1 is 1.19 bits per heavy atom. The summed E-state index contributed by atoms with van der Waals surface area (Å²) in [7, 11) is 1.66. The van der Waals surface area contributed by atoms with Crippen molar-refractivity contribution in [2.24, 2.45) is 0 Å². The van der Waals surface area contributed by atoms with Crippen LogP contribution < -0.4 is 4.74 Å². The van der Waals surface area contributed by atoms with Crippen LogP contribution in [0.4, 0.5) is 0 Å². The zero-order valence-corrected chi connectivity index (χ0v) is 17.9. The smallest absolute Gasteiger partial charge is 0.255 e. The summed E-state index contributed by atoms with van der Waals surface area (Å²) in [5.41, 5.74) is 6.38. The second-order valence-corrected chi connectivity index (χ2v) is 8.35. The van der Waals surface area contributed by atoms with E-state index >= 15 is 0 Å². The van der Waals surface area contributed by atoms with Crippen LogP contribution in [0.15, 0.2) is 48.8 Å². The van der Waals surface area contributed by atoms with Crippen LogP contribution in [0.2, 0.25) is 0 Å². The van der Waals surface area contributed by atoms with Gasteiger partial charge < -0.3 is 14.4 Å². The number of carbonyl (C=O) groups is 1. The first kappa shape index (κ1) is 19.8. The number of benzene rings is 2. The van der Waals surface area contributed by atoms with E-state index in [1.165, 1.54) is 11.1 Å². The number of hydrogen-bond donors (Lipinski definition) is 1. The van der Waals surface area contributed by atoms with Gasteiger partial charge in [0.05, 0.1) is 19.3 Å². The fraction of sp³-hybridized carbons (Fsp3) is 0.360. The molecule has 6 heteroatoms. The Bertz CT molecular complexity index is 1090. The highest BCUT2D eigenvalue weighted by Gasteiger charge is 2.35. The van der Waals surface area contributed by atoms with E-state index in [0.29, 0.717) is 12.5 Å². The topological polar surface area (TPSA) is 67.4 Å². The number of carbonyl (C=O) groups excluding carboxylic acids is 1. The molecular weight excluding hydrogens is 390 g/mol. The van der Waals surface area contributed by atoms with Crippen molar-refractivity contribution >= 4 is 5.91 Å². The Balaban J connectivity index is 1.54. The third-order valence-corrected chi connectivity index (χ3v) is 6.64. The number of rotatable bonds is 5. The number of hydrogen-bond acceptors (Lipinski definition) is 4. The van der Waals surface area contributed by atoms with E-state index in [1.54, 1.807) is 7.11 Å². The fourth-order valence-electron chi connectivity index (χ4n) is 4.80. The fourth-order valence-corrected chi connectivity index (χ4v) is 4.80. The maximum absolute atomic E-state index is 13.6. The van der Waals surface area contributed by atoms with Crippen LogP contribution in [0, 0.1) is 0 Å². The van der Waals surface area contributed by atoms with Gasteiger partial charge in [-0.2, -0.15) is 5.10 Å². The zero-order valence-electron chi connectivity index (χ0n) is 17.9. The maximum Gasteiger partial charge on any atom is 0.255 e. The molecular formula is C25H27N3O3. The van der Waals surface area contributed by atoms with Crippen molar-refractivity contribution in [2.45, 2.75) is 38.3 Å². The number of aromatic amines is 1. The maximum atomic E-state index is 13.6. The zero-order chi connectivity index (χ0) is 21.4. The highest BCUT2D eigenvalue weighted by atomic mass is 16.5. The third-order valence-electron chi connectivity index (χ3n) is 6.64. The van der Waals surface area contributed by atoms with Crippen molar-refractivity contribution < 1.29 is 14.3 Å². The summed E-state index contributed by atoms with van der Waals surface area (Å²) in [5.74, 6) is 1.30. The Labute approximate surface area is 182 Å². The largest absolute Gasteiger partial charge is 0.497 e. The molecule has 1 aromatic heterocycles. The minimum Gasteiger partial charge on any atom is -0.497 e. The van der Waals surface area contributed by atoms with Crippen molar-refractivity contribution in [3.63, 3.8) is 0 Å². The number of nitrogens with one attached hydrogen (secondary N) is 1. The van der Waals surface area contributed by atoms with E-state index in [0.717, 1.165) is 54.1 Å². The number of amides is 1. The van der Waals surface area contributed by atoms with E-state index < -0.39 is 0 Å². The van der Waals surface area contributed by atoms with Gasteiger partial charge in [-0.05, 0) is 66.1 Å². The van der Waals surface area contributed by atoms with Crippen LogP contribution in [0.5, 0.6) is 5.75 Å². The van der Waals surface area contributed by atoms with Gasteiger partial charge in [0.2, 0.25) is 0 Å². The number of nitrogens with zero attached hydrogens (tertiary/aromatic N) is 2. The number of fused-ring (bicyclic) bond motifs is 1. The van der Waals surface area contributed by atoms with Gasteiger partial charge in [0.15, 0.2) is 0 Å². The molecule has 1 saturated heterocycles. The second-order valence-electron chi connectivity index (χ2n) is 8.35. The molecule has 6 nitrogen and oxygen atoms in total. The molecule has 0 bridgehead atoms. The molecule has 1 fully saturated rings. The highest BCUT2D eigenvalue weighted by molar-refractivity contribution is 6.00. The molecule has 0 aliphatic carbocycles. The molecule has 2 aliphatic heterocycles. The van der Waals surface area contributed by atoms with E-state index in [1.807, 2.05) is 41.6 Å². The van der Waals surface area contributed by atoms with Gasteiger partial charge in [0.1, 0.15) is 5.75 Å². The van der Waals surface area contributed by atoms with Gasteiger partial charge in [-0.15, -0.1) is 0 Å². The quantitative estimate of drug-likeness (QED) is 0.654. The summed E-state index contributed by atoms with van der Waals surface area (Å²) in [4.78, 5) is 15.5. The minimum atomic E-state index is -0.0464. The summed E-state index contributed by atoms with van der Waals surface area (Å²) in [6, 6.07) is 12.2. The van der Waals surface area contributed by atoms with Crippen LogP contribution in [-0.4, -0.2) is 41.3 Å². The molecule has 5 rings (SSSR count). The average molecular weight is 418 g/mol. The first-order valence-electron chi connectivity index (χ1n) is 10.8. The molecule has 1 N–H and O–H groups in total. The van der Waals surface area contributed by atoms with Crippen LogP contribution >= 0.6 is 0 Å². The Morgan fingerprint density at radius 2 is 2.03 bits per heavy atom. The molecule has 3 heterocycles. The summed E-state index contributed by atoms with van der Waals surface area (Å²) in [6.45, 7) is 4.26. The van der Waals surface area contributed by atoms with Gasteiger partial charge in [-0.3, -0.25) is 9.89 Å². The Hall–Kier alpha value is -3.12. The third kappa shape index (κ3) is 3.61. The van der Waals surface area contributed by atoms with Gasteiger partial charge in [-0.25, -0.2) is 0 Å². The predicted octanol–water partition coefficient (Wildman–Crippen LogP) is 4.70. The van der Waals surface area contributed by atoms with Gasteiger partial charge in [-0.1, -0.05) is 18.2 Å². The van der Waals surface area contributed by atoms with Crippen molar-refractivity contribution in [3.05, 3.63) is 71.0 Å². The Morgan fingerprint density at radius 3 is 2.77 bits per heavy atom. The summed E-state index contributed by atoms with van der Waals surface area (Å²) < 4.78 is 11.0. The SMILES string of the molecule is COc1cccc([C@@H](C)N2Cc3c(cc(-c4cn[nH]c4)cc3C3CCOCC3)C2=O)c1. The lowest BCUT2D eigenvalue weighted by Gasteiger charge is -2.26. The molecule has 31 heavy (non-hydrogen) atoms. The van der Waals surface area contributed by atoms with Crippen molar-refractivity contribution in [3.8, 4) is 16.9 Å². The van der Waals surface area contributed by atoms with E-state index in [2.05, 4.69) is 29.3 Å². The van der Waals surface area contributed by atoms with E-state index in [9.17, 15) is 4.79 Å². The number of aromatic nitrogens is 2. The van der Waals surface area contributed by atoms with Gasteiger partial charge in [0.25, 0.3) is 5.91 Å². The summed E-state index contributed by atoms with van der Waals surface area (Å²) >= 11 is 0. The average Bonchev–Trinajstić information content (AvgIpc) is 3.47. The van der Waals surface area contributed by atoms with Crippen LogP contribution in [0.3, 0.4) is 0 Å². The molecule has 1 amide bonds. The standard InChI is InChI=1S/C25H27N3O3/c1-16(18-4-3-5-21(10-18)30-2)28-15-24-22(17-6-8-31-9-7-17)11-19(12-23(24)25(28)29)20-13-26-27-14-20/h3-5,10-14,16-17H,6-9,15H2,1-2H3,(H,26,27)/t16-/m1/s1. The van der Waals surface area contributed by atoms with Crippen molar-refractivity contribution in [2.75, 3.05) is 20.3 Å². The normalized spacial score (nSPS) is 17.6.